The lowest BCUT2D eigenvalue weighted by molar-refractivity contribution is 0.164. The molecule has 1 aromatic heterocycles. The van der Waals surface area contributed by atoms with E-state index in [4.69, 9.17) is 9.47 Å². The highest BCUT2D eigenvalue weighted by molar-refractivity contribution is 5.76. The van der Waals surface area contributed by atoms with Gasteiger partial charge in [-0.25, -0.2) is 4.79 Å². The van der Waals surface area contributed by atoms with Crippen molar-refractivity contribution >= 4 is 6.03 Å². The highest BCUT2D eigenvalue weighted by Gasteiger charge is 2.33. The number of methoxy groups -OCH3 is 2. The fourth-order valence-corrected chi connectivity index (χ4v) is 3.73. The Morgan fingerprint density at radius 1 is 1.15 bits per heavy atom. The molecule has 3 rings (SSSR count). The Bertz CT molecular complexity index is 783. The molecule has 1 unspecified atom stereocenters. The van der Waals surface area contributed by atoms with Gasteiger partial charge < -0.3 is 24.3 Å². The van der Waals surface area contributed by atoms with Gasteiger partial charge in [-0.1, -0.05) is 19.9 Å². The maximum atomic E-state index is 13.1. The first kappa shape index (κ1) is 19.1. The molecule has 146 valence electrons. The first-order valence-corrected chi connectivity index (χ1v) is 9.57. The van der Waals surface area contributed by atoms with Crippen molar-refractivity contribution in [3.05, 3.63) is 47.8 Å². The molecule has 2 amide bonds. The van der Waals surface area contributed by atoms with Crippen LogP contribution in [0.5, 0.6) is 11.5 Å². The molecule has 27 heavy (non-hydrogen) atoms. The molecule has 0 saturated heterocycles. The number of carbonyl (C=O) groups is 1. The molecule has 0 aliphatic carbocycles. The van der Waals surface area contributed by atoms with Gasteiger partial charge in [-0.3, -0.25) is 0 Å². The van der Waals surface area contributed by atoms with Crippen molar-refractivity contribution in [3.8, 4) is 11.5 Å². The van der Waals surface area contributed by atoms with Gasteiger partial charge in [0.25, 0.3) is 0 Å². The largest absolute Gasteiger partial charge is 0.493 e. The number of ether oxygens (including phenoxy) is 2. The molecule has 6 heteroatoms. The van der Waals surface area contributed by atoms with Gasteiger partial charge in [0, 0.05) is 31.0 Å². The van der Waals surface area contributed by atoms with Crippen molar-refractivity contribution < 1.29 is 14.3 Å². The topological polar surface area (TPSA) is 55.7 Å². The Kier molecular flexibility index (Phi) is 5.94. The number of hydrogen-bond donors (Lipinski definition) is 1. The molecule has 0 fully saturated rings. The fourth-order valence-electron chi connectivity index (χ4n) is 3.73. The van der Waals surface area contributed by atoms with Crippen molar-refractivity contribution in [3.63, 3.8) is 0 Å². The maximum Gasteiger partial charge on any atom is 0.318 e. The number of aromatic nitrogens is 1. The number of rotatable bonds is 6. The van der Waals surface area contributed by atoms with Crippen LogP contribution in [-0.4, -0.2) is 42.3 Å². The number of nitrogens with one attached hydrogen (secondary N) is 1. The third-order valence-electron chi connectivity index (χ3n) is 5.34. The Morgan fingerprint density at radius 2 is 1.89 bits per heavy atom. The zero-order valence-electron chi connectivity index (χ0n) is 16.6. The summed E-state index contributed by atoms with van der Waals surface area (Å²) in [7, 11) is 3.25. The van der Waals surface area contributed by atoms with E-state index >= 15 is 0 Å². The van der Waals surface area contributed by atoms with Crippen LogP contribution in [0.25, 0.3) is 0 Å². The molecule has 1 aliphatic heterocycles. The fraction of sp³-hybridized carbons (Fsp3) is 0.476. The van der Waals surface area contributed by atoms with E-state index in [0.717, 1.165) is 30.6 Å². The van der Waals surface area contributed by atoms with Crippen LogP contribution in [0.4, 0.5) is 4.79 Å². The minimum absolute atomic E-state index is 0.0177. The number of carbonyl (C=O) groups excluding carboxylic acids is 1. The Labute approximate surface area is 161 Å². The summed E-state index contributed by atoms with van der Waals surface area (Å²) in [6.07, 6.45) is 3.92. The quantitative estimate of drug-likeness (QED) is 0.840. The Morgan fingerprint density at radius 3 is 2.56 bits per heavy atom. The maximum absolute atomic E-state index is 13.1. The van der Waals surface area contributed by atoms with Crippen LogP contribution in [0.1, 0.15) is 44.0 Å². The molecule has 1 N–H and O–H groups in total. The third kappa shape index (κ3) is 3.75. The predicted octanol–water partition coefficient (Wildman–Crippen LogP) is 3.81. The second-order valence-electron chi connectivity index (χ2n) is 6.80. The minimum atomic E-state index is -0.164. The molecule has 0 bridgehead atoms. The monoisotopic (exact) mass is 371 g/mol. The van der Waals surface area contributed by atoms with E-state index in [1.165, 1.54) is 0 Å². The highest BCUT2D eigenvalue weighted by atomic mass is 16.5. The number of urea groups is 1. The average molecular weight is 371 g/mol. The first-order valence-electron chi connectivity index (χ1n) is 9.57. The number of nitrogens with zero attached hydrogens (tertiary/aromatic N) is 2. The molecule has 2 aromatic rings. The Hall–Kier alpha value is -2.63. The Balaban J connectivity index is 1.98. The van der Waals surface area contributed by atoms with Crippen molar-refractivity contribution in [1.29, 1.82) is 0 Å². The predicted molar refractivity (Wildman–Crippen MR) is 105 cm³/mol. The normalized spacial score (nSPS) is 16.2. The lowest BCUT2D eigenvalue weighted by Crippen LogP contribution is -2.49. The first-order chi connectivity index (χ1) is 13.1. The van der Waals surface area contributed by atoms with Gasteiger partial charge in [0.15, 0.2) is 11.5 Å². The van der Waals surface area contributed by atoms with Gasteiger partial charge in [0.2, 0.25) is 0 Å². The van der Waals surface area contributed by atoms with E-state index in [0.29, 0.717) is 18.0 Å². The number of benzene rings is 1. The second-order valence-corrected chi connectivity index (χ2v) is 6.80. The number of amides is 2. The average Bonchev–Trinajstić information content (AvgIpc) is 3.19. The van der Waals surface area contributed by atoms with Crippen molar-refractivity contribution in [2.75, 3.05) is 20.8 Å². The molecule has 1 atom stereocenters. The lowest BCUT2D eigenvalue weighted by atomic mass is 9.99. The standard InChI is InChI=1S/C21H29N3O3/c1-5-16(6-2)22-21(25)24-13-12-23-11-7-8-17(23)20(24)15-9-10-18(26-3)19(14-15)27-4/h7-11,14,16,20H,5-6,12-13H2,1-4H3,(H,22,25). The number of hydrogen-bond acceptors (Lipinski definition) is 3. The van der Waals surface area contributed by atoms with E-state index in [1.807, 2.05) is 29.2 Å². The van der Waals surface area contributed by atoms with Gasteiger partial charge in [-0.2, -0.15) is 0 Å². The van der Waals surface area contributed by atoms with E-state index in [9.17, 15) is 4.79 Å². The van der Waals surface area contributed by atoms with Crippen LogP contribution >= 0.6 is 0 Å². The summed E-state index contributed by atoms with van der Waals surface area (Å²) in [6.45, 7) is 5.65. The van der Waals surface area contributed by atoms with Crippen LogP contribution in [0.3, 0.4) is 0 Å². The van der Waals surface area contributed by atoms with E-state index < -0.39 is 0 Å². The van der Waals surface area contributed by atoms with Crippen LogP contribution in [0.2, 0.25) is 0 Å². The van der Waals surface area contributed by atoms with E-state index in [2.05, 4.69) is 36.0 Å². The van der Waals surface area contributed by atoms with Gasteiger partial charge in [-0.05, 0) is 42.7 Å². The molecular formula is C21H29N3O3. The van der Waals surface area contributed by atoms with Gasteiger partial charge in [0.1, 0.15) is 0 Å². The molecule has 2 heterocycles. The van der Waals surface area contributed by atoms with Gasteiger partial charge in [-0.15, -0.1) is 0 Å². The summed E-state index contributed by atoms with van der Waals surface area (Å²) >= 11 is 0. The van der Waals surface area contributed by atoms with Crippen molar-refractivity contribution in [1.82, 2.24) is 14.8 Å². The molecule has 1 aromatic carbocycles. The molecule has 0 radical (unpaired) electrons. The zero-order valence-corrected chi connectivity index (χ0v) is 16.6. The lowest BCUT2D eigenvalue weighted by Gasteiger charge is -2.38. The molecule has 1 aliphatic rings. The van der Waals surface area contributed by atoms with Crippen LogP contribution in [0, 0.1) is 0 Å². The van der Waals surface area contributed by atoms with Crippen molar-refractivity contribution in [2.45, 2.75) is 45.3 Å². The molecule has 0 spiro atoms. The summed E-state index contributed by atoms with van der Waals surface area (Å²) in [6, 6.07) is 9.99. The minimum Gasteiger partial charge on any atom is -0.493 e. The second kappa shape index (κ2) is 8.37. The molecular weight excluding hydrogens is 342 g/mol. The smallest absolute Gasteiger partial charge is 0.318 e. The zero-order chi connectivity index (χ0) is 19.4. The van der Waals surface area contributed by atoms with E-state index in [-0.39, 0.29) is 18.1 Å². The van der Waals surface area contributed by atoms with Crippen LogP contribution in [-0.2, 0) is 6.54 Å². The SMILES string of the molecule is CCC(CC)NC(=O)N1CCn2cccc2C1c1ccc(OC)c(OC)c1. The summed E-state index contributed by atoms with van der Waals surface area (Å²) in [5.41, 5.74) is 2.11. The molecule has 6 nitrogen and oxygen atoms in total. The van der Waals surface area contributed by atoms with Gasteiger partial charge in [0.05, 0.1) is 20.3 Å². The summed E-state index contributed by atoms with van der Waals surface area (Å²) in [4.78, 5) is 15.0. The highest BCUT2D eigenvalue weighted by Crippen LogP contribution is 2.37. The third-order valence-corrected chi connectivity index (χ3v) is 5.34. The van der Waals surface area contributed by atoms with Crippen LogP contribution < -0.4 is 14.8 Å². The summed E-state index contributed by atoms with van der Waals surface area (Å²) in [5, 5.41) is 3.18. The molecule has 0 saturated carbocycles. The van der Waals surface area contributed by atoms with Gasteiger partial charge >= 0.3 is 6.03 Å². The van der Waals surface area contributed by atoms with E-state index in [1.54, 1.807) is 14.2 Å². The van der Waals surface area contributed by atoms with Crippen LogP contribution in [0.15, 0.2) is 36.5 Å². The summed E-state index contributed by atoms with van der Waals surface area (Å²) in [5.74, 6) is 1.35. The van der Waals surface area contributed by atoms with Crippen molar-refractivity contribution in [2.24, 2.45) is 0 Å². The number of fused-ring (bicyclic) bond motifs is 1. The summed E-state index contributed by atoms with van der Waals surface area (Å²) < 4.78 is 13.1.